The number of aromatic nitrogens is 4. The summed E-state index contributed by atoms with van der Waals surface area (Å²) in [6.07, 6.45) is 2.14. The van der Waals surface area contributed by atoms with Crippen LogP contribution in [0, 0.1) is 0 Å². The van der Waals surface area contributed by atoms with Crippen molar-refractivity contribution in [3.8, 4) is 11.5 Å². The molecule has 0 aliphatic carbocycles. The maximum absolute atomic E-state index is 11.6. The molecule has 2 aromatic heterocycles. The van der Waals surface area contributed by atoms with Crippen molar-refractivity contribution in [2.75, 3.05) is 18.6 Å². The fraction of sp³-hybridized carbons (Fsp3) is 0.294. The fourth-order valence-electron chi connectivity index (χ4n) is 3.15. The van der Waals surface area contributed by atoms with Crippen LogP contribution in [0.15, 0.2) is 18.5 Å². The summed E-state index contributed by atoms with van der Waals surface area (Å²) in [5, 5.41) is 17.6. The highest BCUT2D eigenvalue weighted by Gasteiger charge is 2.26. The molecule has 0 saturated carbocycles. The number of carbonyl (C=O) groups is 1. The number of methoxy groups -OCH3 is 1. The van der Waals surface area contributed by atoms with Crippen molar-refractivity contribution in [2.45, 2.75) is 20.4 Å². The van der Waals surface area contributed by atoms with Gasteiger partial charge in [0.2, 0.25) is 0 Å². The van der Waals surface area contributed by atoms with E-state index in [4.69, 9.17) is 10.5 Å². The second kappa shape index (κ2) is 6.51. The molecule has 4 N–H and O–H groups in total. The first kappa shape index (κ1) is 17.5. The maximum atomic E-state index is 11.6. The lowest BCUT2D eigenvalue weighted by atomic mass is 10.0. The van der Waals surface area contributed by atoms with Crippen LogP contribution >= 0.6 is 0 Å². The average Bonchev–Trinajstić information content (AvgIpc) is 3.03. The Bertz CT molecular complexity index is 984. The van der Waals surface area contributed by atoms with Gasteiger partial charge in [-0.25, -0.2) is 9.97 Å². The number of fused-ring (bicyclic) bond motifs is 2. The van der Waals surface area contributed by atoms with Gasteiger partial charge in [0.05, 0.1) is 12.6 Å². The van der Waals surface area contributed by atoms with Crippen molar-refractivity contribution >= 4 is 22.6 Å². The lowest BCUT2D eigenvalue weighted by Crippen LogP contribution is -2.32. The largest absolute Gasteiger partial charge is 0.504 e. The first-order valence-corrected chi connectivity index (χ1v) is 7.71. The Morgan fingerprint density at radius 1 is 1.38 bits per heavy atom. The van der Waals surface area contributed by atoms with Gasteiger partial charge in [-0.3, -0.25) is 9.89 Å². The molecule has 0 unspecified atom stereocenters. The van der Waals surface area contributed by atoms with Crippen LogP contribution in [0.2, 0.25) is 0 Å². The smallest absolute Gasteiger partial charge is 0.269 e. The monoisotopic (exact) mass is 356 g/mol. The molecule has 0 bridgehead atoms. The van der Waals surface area contributed by atoms with Gasteiger partial charge in [-0.2, -0.15) is 5.10 Å². The lowest BCUT2D eigenvalue weighted by molar-refractivity contribution is 0.0994. The number of benzene rings is 1. The number of amides is 1. The molecule has 0 atom stereocenters. The molecule has 3 heterocycles. The normalized spacial score (nSPS) is 13.2. The van der Waals surface area contributed by atoms with Gasteiger partial charge in [0.15, 0.2) is 17.2 Å². The minimum atomic E-state index is -0.557. The molecule has 0 fully saturated rings. The van der Waals surface area contributed by atoms with Crippen molar-refractivity contribution in [3.63, 3.8) is 0 Å². The minimum absolute atomic E-state index is 0. The Kier molecular flexibility index (Phi) is 4.37. The SMILES string of the molecule is C.COc1cc2c(N3CCc4[nH]nc(C(N)=O)c4C3)ncnc2cc1O. The summed E-state index contributed by atoms with van der Waals surface area (Å²) >= 11 is 0. The molecule has 136 valence electrons. The number of ether oxygens (including phenoxy) is 1. The van der Waals surface area contributed by atoms with Crippen LogP contribution in [0.4, 0.5) is 5.82 Å². The number of hydrogen-bond acceptors (Lipinski definition) is 7. The van der Waals surface area contributed by atoms with Gasteiger partial charge in [-0.05, 0) is 6.07 Å². The van der Waals surface area contributed by atoms with Crippen LogP contribution in [0.25, 0.3) is 10.9 Å². The number of hydrogen-bond donors (Lipinski definition) is 3. The molecule has 1 aliphatic heterocycles. The molecule has 0 radical (unpaired) electrons. The van der Waals surface area contributed by atoms with E-state index in [1.165, 1.54) is 13.4 Å². The minimum Gasteiger partial charge on any atom is -0.504 e. The van der Waals surface area contributed by atoms with Gasteiger partial charge in [-0.1, -0.05) is 7.43 Å². The summed E-state index contributed by atoms with van der Waals surface area (Å²) in [5.41, 5.74) is 7.97. The Morgan fingerprint density at radius 3 is 2.92 bits per heavy atom. The van der Waals surface area contributed by atoms with E-state index >= 15 is 0 Å². The third-order valence-electron chi connectivity index (χ3n) is 4.38. The lowest BCUT2D eigenvalue weighted by Gasteiger charge is -2.28. The fourth-order valence-corrected chi connectivity index (χ4v) is 3.15. The van der Waals surface area contributed by atoms with E-state index in [-0.39, 0.29) is 18.9 Å². The molecule has 0 saturated heterocycles. The highest BCUT2D eigenvalue weighted by molar-refractivity contribution is 5.94. The van der Waals surface area contributed by atoms with Gasteiger partial charge in [0.25, 0.3) is 5.91 Å². The summed E-state index contributed by atoms with van der Waals surface area (Å²) < 4.78 is 5.19. The van der Waals surface area contributed by atoms with Gasteiger partial charge < -0.3 is 20.5 Å². The Labute approximate surface area is 149 Å². The first-order chi connectivity index (χ1) is 12.1. The van der Waals surface area contributed by atoms with E-state index in [2.05, 4.69) is 20.2 Å². The van der Waals surface area contributed by atoms with E-state index in [1.807, 2.05) is 4.90 Å². The second-order valence-corrected chi connectivity index (χ2v) is 5.80. The molecule has 1 amide bonds. The molecular formula is C17H20N6O3. The molecular weight excluding hydrogens is 336 g/mol. The highest BCUT2D eigenvalue weighted by Crippen LogP contribution is 2.35. The zero-order valence-corrected chi connectivity index (χ0v) is 13.5. The number of carbonyl (C=O) groups excluding carboxylic acids is 1. The van der Waals surface area contributed by atoms with Crippen LogP contribution in [0.5, 0.6) is 11.5 Å². The van der Waals surface area contributed by atoms with E-state index in [1.54, 1.807) is 12.1 Å². The molecule has 1 aliphatic rings. The summed E-state index contributed by atoms with van der Waals surface area (Å²) in [7, 11) is 1.49. The van der Waals surface area contributed by atoms with Crippen LogP contribution in [-0.4, -0.2) is 44.8 Å². The molecule has 9 heteroatoms. The number of rotatable bonds is 3. The number of nitrogens with zero attached hydrogens (tertiary/aromatic N) is 4. The number of primary amides is 1. The summed E-state index contributed by atoms with van der Waals surface area (Å²) in [6, 6.07) is 3.25. The summed E-state index contributed by atoms with van der Waals surface area (Å²) in [5.74, 6) is 0.512. The molecule has 3 aromatic rings. The third-order valence-corrected chi connectivity index (χ3v) is 4.38. The van der Waals surface area contributed by atoms with Crippen LogP contribution < -0.4 is 15.4 Å². The quantitative estimate of drug-likeness (QED) is 0.646. The zero-order valence-electron chi connectivity index (χ0n) is 13.5. The number of aromatic amines is 1. The summed E-state index contributed by atoms with van der Waals surface area (Å²) in [4.78, 5) is 22.2. The van der Waals surface area contributed by atoms with Gasteiger partial charge in [0.1, 0.15) is 12.1 Å². The predicted molar refractivity (Wildman–Crippen MR) is 96.3 cm³/mol. The predicted octanol–water partition coefficient (Wildman–Crippen LogP) is 1.36. The van der Waals surface area contributed by atoms with Crippen LogP contribution in [-0.2, 0) is 13.0 Å². The van der Waals surface area contributed by atoms with Gasteiger partial charge >= 0.3 is 0 Å². The zero-order chi connectivity index (χ0) is 17.6. The maximum Gasteiger partial charge on any atom is 0.269 e. The Balaban J connectivity index is 0.00000196. The highest BCUT2D eigenvalue weighted by atomic mass is 16.5. The van der Waals surface area contributed by atoms with E-state index in [9.17, 15) is 9.90 Å². The Hall–Kier alpha value is -3.36. The van der Waals surface area contributed by atoms with Crippen LogP contribution in [0.3, 0.4) is 0 Å². The average molecular weight is 356 g/mol. The molecule has 26 heavy (non-hydrogen) atoms. The Morgan fingerprint density at radius 2 is 2.19 bits per heavy atom. The number of anilines is 1. The third kappa shape index (κ3) is 2.67. The van der Waals surface area contributed by atoms with Crippen LogP contribution in [0.1, 0.15) is 29.2 Å². The van der Waals surface area contributed by atoms with Crippen molar-refractivity contribution in [2.24, 2.45) is 5.73 Å². The standard InChI is InChI=1S/C16H16N6O3.CH4/c1-25-13-4-8-11(5-12(13)23)18-7-19-16(8)22-3-2-10-9(6-22)14(15(17)24)21-20-10;/h4-5,7,23H,2-3,6H2,1H3,(H2,17,24)(H,20,21);1H4. The molecule has 0 spiro atoms. The number of phenols is 1. The van der Waals surface area contributed by atoms with Gasteiger partial charge in [0, 0.05) is 42.2 Å². The number of aromatic hydroxyl groups is 1. The van der Waals surface area contributed by atoms with Gasteiger partial charge in [-0.15, -0.1) is 0 Å². The van der Waals surface area contributed by atoms with E-state index in [0.29, 0.717) is 36.6 Å². The molecule has 4 rings (SSSR count). The van der Waals surface area contributed by atoms with E-state index in [0.717, 1.165) is 16.6 Å². The number of H-pyrrole nitrogens is 1. The van der Waals surface area contributed by atoms with Crippen molar-refractivity contribution in [1.82, 2.24) is 20.2 Å². The summed E-state index contributed by atoms with van der Waals surface area (Å²) in [6.45, 7) is 1.15. The van der Waals surface area contributed by atoms with Crippen molar-refractivity contribution < 1.29 is 14.6 Å². The number of nitrogens with one attached hydrogen (secondary N) is 1. The first-order valence-electron chi connectivity index (χ1n) is 7.71. The molecule has 9 nitrogen and oxygen atoms in total. The topological polar surface area (TPSA) is 130 Å². The van der Waals surface area contributed by atoms with Crippen molar-refractivity contribution in [1.29, 1.82) is 0 Å². The van der Waals surface area contributed by atoms with E-state index < -0.39 is 5.91 Å². The number of phenolic OH excluding ortho intramolecular Hbond substituents is 1. The molecule has 1 aromatic carbocycles. The second-order valence-electron chi connectivity index (χ2n) is 5.80. The number of nitrogens with two attached hydrogens (primary N) is 1. The van der Waals surface area contributed by atoms with Crippen molar-refractivity contribution in [3.05, 3.63) is 35.4 Å².